The van der Waals surface area contributed by atoms with Crippen molar-refractivity contribution in [1.29, 1.82) is 0 Å². The van der Waals surface area contributed by atoms with Crippen molar-refractivity contribution in [2.75, 3.05) is 31.1 Å². The Morgan fingerprint density at radius 3 is 2.36 bits per heavy atom. The lowest BCUT2D eigenvalue weighted by Gasteiger charge is -2.28. The van der Waals surface area contributed by atoms with E-state index in [1.54, 1.807) is 12.4 Å². The predicted molar refractivity (Wildman–Crippen MR) is 112 cm³/mol. The van der Waals surface area contributed by atoms with Crippen molar-refractivity contribution < 1.29 is 0 Å². The lowest BCUT2D eigenvalue weighted by molar-refractivity contribution is 0.582. The zero-order valence-electron chi connectivity index (χ0n) is 15.2. The number of nitrogens with zero attached hydrogens (tertiary/aromatic N) is 5. The smallest absolute Gasteiger partial charge is 0.155 e. The first-order valence-corrected chi connectivity index (χ1v) is 9.69. The number of halogens is 1. The van der Waals surface area contributed by atoms with Crippen molar-refractivity contribution in [3.05, 3.63) is 65.9 Å². The molecule has 0 saturated carbocycles. The van der Waals surface area contributed by atoms with Crippen LogP contribution in [-0.2, 0) is 0 Å². The van der Waals surface area contributed by atoms with Crippen LogP contribution in [0.1, 0.15) is 0 Å². The van der Waals surface area contributed by atoms with Gasteiger partial charge in [-0.2, -0.15) is 0 Å². The van der Waals surface area contributed by atoms with E-state index in [4.69, 9.17) is 21.7 Å². The first kappa shape index (κ1) is 17.2. The Balaban J connectivity index is 1.71. The Morgan fingerprint density at radius 1 is 0.857 bits per heavy atom. The maximum Gasteiger partial charge on any atom is 0.155 e. The van der Waals surface area contributed by atoms with Gasteiger partial charge in [-0.25, -0.2) is 9.50 Å². The van der Waals surface area contributed by atoms with Gasteiger partial charge in [0.1, 0.15) is 11.5 Å². The van der Waals surface area contributed by atoms with E-state index in [1.165, 1.54) is 0 Å². The van der Waals surface area contributed by atoms with Crippen LogP contribution in [-0.4, -0.2) is 45.8 Å². The van der Waals surface area contributed by atoms with Gasteiger partial charge in [-0.1, -0.05) is 23.7 Å². The van der Waals surface area contributed by atoms with Gasteiger partial charge in [-0.05, 0) is 36.4 Å². The zero-order chi connectivity index (χ0) is 18.9. The first-order chi connectivity index (χ1) is 13.8. The fourth-order valence-electron chi connectivity index (χ4n) is 3.56. The zero-order valence-corrected chi connectivity index (χ0v) is 16.0. The average molecular weight is 391 g/mol. The molecule has 0 unspecified atom stereocenters. The van der Waals surface area contributed by atoms with E-state index in [2.05, 4.69) is 21.3 Å². The highest BCUT2D eigenvalue weighted by atomic mass is 35.5. The van der Waals surface area contributed by atoms with Crippen LogP contribution in [0.2, 0.25) is 5.02 Å². The Hall–Kier alpha value is -2.96. The van der Waals surface area contributed by atoms with Gasteiger partial charge in [-0.15, -0.1) is 5.10 Å². The molecule has 140 valence electrons. The van der Waals surface area contributed by atoms with E-state index in [1.807, 2.05) is 47.0 Å². The molecule has 3 aromatic heterocycles. The summed E-state index contributed by atoms with van der Waals surface area (Å²) in [6.45, 7) is 3.83. The Kier molecular flexibility index (Phi) is 4.43. The van der Waals surface area contributed by atoms with Crippen LogP contribution < -0.4 is 10.2 Å². The summed E-state index contributed by atoms with van der Waals surface area (Å²) < 4.78 is 1.94. The number of pyridine rings is 1. The summed E-state index contributed by atoms with van der Waals surface area (Å²) >= 11 is 6.08. The van der Waals surface area contributed by atoms with E-state index < -0.39 is 0 Å². The van der Waals surface area contributed by atoms with E-state index in [0.717, 1.165) is 60.2 Å². The average Bonchev–Trinajstić information content (AvgIpc) is 3.14. The Morgan fingerprint density at radius 2 is 1.61 bits per heavy atom. The number of nitrogens with one attached hydrogen (secondary N) is 1. The second-order valence-electron chi connectivity index (χ2n) is 6.75. The topological polar surface area (TPSA) is 58.4 Å². The monoisotopic (exact) mass is 390 g/mol. The maximum absolute atomic E-state index is 6.08. The van der Waals surface area contributed by atoms with Crippen LogP contribution in [0.4, 0.5) is 5.82 Å². The quantitative estimate of drug-likeness (QED) is 0.580. The van der Waals surface area contributed by atoms with Gasteiger partial charge in [0.2, 0.25) is 0 Å². The van der Waals surface area contributed by atoms with Crippen molar-refractivity contribution in [3.63, 3.8) is 0 Å². The van der Waals surface area contributed by atoms with E-state index in [-0.39, 0.29) is 0 Å². The van der Waals surface area contributed by atoms with Gasteiger partial charge in [0.05, 0.1) is 5.69 Å². The van der Waals surface area contributed by atoms with Crippen LogP contribution in [0.15, 0.2) is 60.9 Å². The minimum Gasteiger partial charge on any atom is -0.353 e. The highest BCUT2D eigenvalue weighted by Gasteiger charge is 2.19. The number of piperazine rings is 1. The standard InChI is InChI=1S/C21H19ClN6/c22-17-3-1-15(2-4-17)20-21(16-7-9-23-10-8-16)28-18(25-20)5-6-19(26-28)27-13-11-24-12-14-27/h1-10,24H,11-14H2. The molecule has 28 heavy (non-hydrogen) atoms. The molecule has 4 aromatic rings. The summed E-state index contributed by atoms with van der Waals surface area (Å²) in [5, 5.41) is 9.03. The number of fused-ring (bicyclic) bond motifs is 1. The summed E-state index contributed by atoms with van der Waals surface area (Å²) in [5.74, 6) is 0.962. The Bertz CT molecular complexity index is 1100. The SMILES string of the molecule is Clc1ccc(-c2nc3ccc(N4CCNCC4)nn3c2-c2ccncc2)cc1. The Labute approximate surface area is 167 Å². The van der Waals surface area contributed by atoms with Crippen LogP contribution in [0.3, 0.4) is 0 Å². The highest BCUT2D eigenvalue weighted by molar-refractivity contribution is 6.30. The number of anilines is 1. The number of aromatic nitrogens is 4. The fourth-order valence-corrected chi connectivity index (χ4v) is 3.69. The molecule has 5 rings (SSSR count). The van der Waals surface area contributed by atoms with Gasteiger partial charge in [0.15, 0.2) is 5.65 Å². The van der Waals surface area contributed by atoms with Crippen LogP contribution in [0.25, 0.3) is 28.2 Å². The summed E-state index contributed by atoms with van der Waals surface area (Å²) in [5.41, 5.74) is 4.68. The van der Waals surface area contributed by atoms with Crippen LogP contribution >= 0.6 is 11.6 Å². The van der Waals surface area contributed by atoms with Gasteiger partial charge in [0.25, 0.3) is 0 Å². The maximum atomic E-state index is 6.08. The van der Waals surface area contributed by atoms with Crippen molar-refractivity contribution >= 4 is 23.1 Å². The number of hydrogen-bond acceptors (Lipinski definition) is 5. The van der Waals surface area contributed by atoms with Crippen molar-refractivity contribution in [1.82, 2.24) is 24.9 Å². The third-order valence-electron chi connectivity index (χ3n) is 4.98. The highest BCUT2D eigenvalue weighted by Crippen LogP contribution is 2.33. The van der Waals surface area contributed by atoms with Crippen LogP contribution in [0, 0.1) is 0 Å². The minimum atomic E-state index is 0.706. The molecule has 7 heteroatoms. The third-order valence-corrected chi connectivity index (χ3v) is 5.23. The normalized spacial score (nSPS) is 14.5. The lowest BCUT2D eigenvalue weighted by Crippen LogP contribution is -2.44. The van der Waals surface area contributed by atoms with Crippen LogP contribution in [0.5, 0.6) is 0 Å². The van der Waals surface area contributed by atoms with E-state index in [9.17, 15) is 0 Å². The van der Waals surface area contributed by atoms with Crippen molar-refractivity contribution in [2.45, 2.75) is 0 Å². The molecule has 1 aliphatic heterocycles. The molecule has 0 amide bonds. The number of imidazole rings is 1. The molecular formula is C21H19ClN6. The van der Waals surface area contributed by atoms with Gasteiger partial charge >= 0.3 is 0 Å². The molecule has 1 fully saturated rings. The molecule has 4 heterocycles. The molecule has 1 aliphatic rings. The molecular weight excluding hydrogens is 372 g/mol. The summed E-state index contributed by atoms with van der Waals surface area (Å²) in [7, 11) is 0. The minimum absolute atomic E-state index is 0.706. The van der Waals surface area contributed by atoms with Gasteiger partial charge in [-0.3, -0.25) is 4.98 Å². The van der Waals surface area contributed by atoms with Gasteiger partial charge < -0.3 is 10.2 Å². The molecule has 0 aliphatic carbocycles. The molecule has 0 bridgehead atoms. The van der Waals surface area contributed by atoms with Crippen molar-refractivity contribution in [3.8, 4) is 22.5 Å². The molecule has 1 N–H and O–H groups in total. The number of benzene rings is 1. The molecule has 6 nitrogen and oxygen atoms in total. The molecule has 1 aromatic carbocycles. The van der Waals surface area contributed by atoms with Crippen molar-refractivity contribution in [2.24, 2.45) is 0 Å². The fraction of sp³-hybridized carbons (Fsp3) is 0.190. The summed E-state index contributed by atoms with van der Waals surface area (Å²) in [6, 6.07) is 15.8. The molecule has 0 atom stereocenters. The van der Waals surface area contributed by atoms with Gasteiger partial charge in [0, 0.05) is 54.7 Å². The first-order valence-electron chi connectivity index (χ1n) is 9.31. The summed E-state index contributed by atoms with van der Waals surface area (Å²) in [4.78, 5) is 11.3. The molecule has 0 radical (unpaired) electrons. The van der Waals surface area contributed by atoms with E-state index >= 15 is 0 Å². The van der Waals surface area contributed by atoms with E-state index in [0.29, 0.717) is 5.02 Å². The molecule has 1 saturated heterocycles. The largest absolute Gasteiger partial charge is 0.353 e. The number of hydrogen-bond donors (Lipinski definition) is 1. The number of rotatable bonds is 3. The summed E-state index contributed by atoms with van der Waals surface area (Å²) in [6.07, 6.45) is 3.58. The molecule has 0 spiro atoms. The predicted octanol–water partition coefficient (Wildman–Crippen LogP) is 3.52. The second-order valence-corrected chi connectivity index (χ2v) is 7.19. The third kappa shape index (κ3) is 3.10. The lowest BCUT2D eigenvalue weighted by atomic mass is 10.1. The second kappa shape index (κ2) is 7.22.